The Bertz CT molecular complexity index is 1280. The number of likely N-dealkylation sites (tertiary alicyclic amines) is 1. The lowest BCUT2D eigenvalue weighted by molar-refractivity contribution is 0.0613. The minimum absolute atomic E-state index is 0.0137. The van der Waals surface area contributed by atoms with Gasteiger partial charge in [0.15, 0.2) is 5.82 Å². The van der Waals surface area contributed by atoms with Gasteiger partial charge in [0, 0.05) is 42.9 Å². The molecular weight excluding hydrogens is 434 g/mol. The highest BCUT2D eigenvalue weighted by Gasteiger charge is 2.30. The molecule has 1 aromatic carbocycles. The summed E-state index contributed by atoms with van der Waals surface area (Å²) < 4.78 is 2.76. The van der Waals surface area contributed by atoms with Gasteiger partial charge in [-0.15, -0.1) is 11.3 Å². The maximum absolute atomic E-state index is 13.5. The number of hydrogen-bond donors (Lipinski definition) is 1. The van der Waals surface area contributed by atoms with E-state index < -0.39 is 0 Å². The van der Waals surface area contributed by atoms with Crippen LogP contribution in [-0.4, -0.2) is 51.1 Å². The van der Waals surface area contributed by atoms with Crippen molar-refractivity contribution in [3.8, 4) is 5.82 Å². The van der Waals surface area contributed by atoms with Crippen LogP contribution in [0.15, 0.2) is 61.1 Å². The first kappa shape index (κ1) is 21.3. The van der Waals surface area contributed by atoms with Gasteiger partial charge < -0.3 is 10.2 Å². The lowest BCUT2D eigenvalue weighted by Gasteiger charge is -2.36. The molecule has 1 saturated heterocycles. The molecule has 0 unspecified atom stereocenters. The molecule has 33 heavy (non-hydrogen) atoms. The molecule has 1 aliphatic heterocycles. The predicted molar refractivity (Wildman–Crippen MR) is 129 cm³/mol. The number of carbonyl (C=O) groups is 2. The van der Waals surface area contributed by atoms with Gasteiger partial charge in [0.25, 0.3) is 11.8 Å². The van der Waals surface area contributed by atoms with Crippen LogP contribution in [0.1, 0.15) is 44.9 Å². The lowest BCUT2D eigenvalue weighted by Crippen LogP contribution is -2.45. The van der Waals surface area contributed by atoms with Crippen molar-refractivity contribution in [2.45, 2.75) is 31.7 Å². The average molecular weight is 460 g/mol. The van der Waals surface area contributed by atoms with Crippen molar-refractivity contribution in [2.24, 2.45) is 0 Å². The number of rotatable bonds is 5. The van der Waals surface area contributed by atoms with Crippen LogP contribution in [0, 0.1) is 0 Å². The largest absolute Gasteiger partial charge is 0.354 e. The third-order valence-corrected chi connectivity index (χ3v) is 7.41. The number of amides is 2. The number of aromatic nitrogens is 3. The van der Waals surface area contributed by atoms with E-state index >= 15 is 0 Å². The lowest BCUT2D eigenvalue weighted by atomic mass is 9.93. The van der Waals surface area contributed by atoms with E-state index in [-0.39, 0.29) is 17.9 Å². The number of carbonyl (C=O) groups excluding carboxylic acids is 2. The van der Waals surface area contributed by atoms with E-state index in [0.717, 1.165) is 39.8 Å². The smallest absolute Gasteiger partial charge is 0.261 e. The third kappa shape index (κ3) is 4.14. The molecule has 4 heterocycles. The van der Waals surface area contributed by atoms with Crippen molar-refractivity contribution in [1.82, 2.24) is 25.0 Å². The van der Waals surface area contributed by atoms with Gasteiger partial charge in [-0.25, -0.2) is 9.67 Å². The summed E-state index contributed by atoms with van der Waals surface area (Å²) in [5.74, 6) is 0.588. The Hall–Kier alpha value is -3.52. The van der Waals surface area contributed by atoms with E-state index in [2.05, 4.69) is 21.5 Å². The molecule has 0 bridgehead atoms. The van der Waals surface area contributed by atoms with E-state index in [9.17, 15) is 9.59 Å². The second-order valence-corrected chi connectivity index (χ2v) is 9.25. The molecule has 2 amide bonds. The summed E-state index contributed by atoms with van der Waals surface area (Å²) >= 11 is 1.52. The van der Waals surface area contributed by atoms with Crippen LogP contribution < -0.4 is 5.32 Å². The van der Waals surface area contributed by atoms with Gasteiger partial charge in [0.2, 0.25) is 0 Å². The van der Waals surface area contributed by atoms with Crippen LogP contribution >= 0.6 is 11.3 Å². The molecule has 8 heteroatoms. The molecule has 3 aromatic heterocycles. The summed E-state index contributed by atoms with van der Waals surface area (Å²) in [6.45, 7) is 0.710. The molecule has 5 rings (SSSR count). The van der Waals surface area contributed by atoms with Crippen molar-refractivity contribution >= 4 is 33.2 Å². The molecule has 7 nitrogen and oxygen atoms in total. The van der Waals surface area contributed by atoms with Crippen LogP contribution in [0.2, 0.25) is 0 Å². The summed E-state index contributed by atoms with van der Waals surface area (Å²) in [6, 6.07) is 13.6. The summed E-state index contributed by atoms with van der Waals surface area (Å²) in [5.41, 5.74) is 1.60. The predicted octanol–water partition coefficient (Wildman–Crippen LogP) is 4.08. The van der Waals surface area contributed by atoms with Gasteiger partial charge in [-0.1, -0.05) is 18.2 Å². The molecule has 0 radical (unpaired) electrons. The van der Waals surface area contributed by atoms with E-state index in [1.54, 1.807) is 24.1 Å². The molecule has 1 aliphatic rings. The monoisotopic (exact) mass is 459 g/mol. The Kier molecular flexibility index (Phi) is 5.92. The van der Waals surface area contributed by atoms with Gasteiger partial charge in [0.1, 0.15) is 0 Å². The van der Waals surface area contributed by atoms with E-state index in [4.69, 9.17) is 0 Å². The highest BCUT2D eigenvalue weighted by atomic mass is 32.1. The van der Waals surface area contributed by atoms with Gasteiger partial charge in [-0.2, -0.15) is 5.10 Å². The van der Waals surface area contributed by atoms with Crippen LogP contribution in [0.3, 0.4) is 0 Å². The fraction of sp³-hybridized carbons (Fsp3) is 0.280. The van der Waals surface area contributed by atoms with Crippen molar-refractivity contribution in [1.29, 1.82) is 0 Å². The number of pyridine rings is 1. The minimum Gasteiger partial charge on any atom is -0.354 e. The Morgan fingerprint density at radius 3 is 2.79 bits per heavy atom. The zero-order chi connectivity index (χ0) is 22.8. The van der Waals surface area contributed by atoms with Gasteiger partial charge in [-0.3, -0.25) is 9.59 Å². The first-order valence-corrected chi connectivity index (χ1v) is 12.0. The molecule has 4 aromatic rings. The zero-order valence-electron chi connectivity index (χ0n) is 18.4. The number of benzene rings is 1. The number of fused-ring (bicyclic) bond motifs is 1. The maximum Gasteiger partial charge on any atom is 0.261 e. The summed E-state index contributed by atoms with van der Waals surface area (Å²) in [7, 11) is 1.66. The van der Waals surface area contributed by atoms with Gasteiger partial charge in [-0.05, 0) is 60.9 Å². The Morgan fingerprint density at radius 2 is 2.03 bits per heavy atom. The fourth-order valence-electron chi connectivity index (χ4n) is 4.53. The maximum atomic E-state index is 13.5. The standard InChI is InChI=1S/C25H25N5O2S/c1-26-24(31)23-20(19-8-2-3-9-21(19)33-23)15-18-7-4-5-13-29(18)25(32)17-10-11-22(27-16-17)30-14-6-12-28-30/h2-3,6,8-12,14,16,18H,4-5,7,13,15H2,1H3,(H,26,31)/t18-/m0/s1. The molecule has 1 atom stereocenters. The number of piperidine rings is 1. The quantitative estimate of drug-likeness (QED) is 0.488. The van der Waals surface area contributed by atoms with Crippen LogP contribution in [0.4, 0.5) is 0 Å². The van der Waals surface area contributed by atoms with Crippen LogP contribution in [-0.2, 0) is 6.42 Å². The summed E-state index contributed by atoms with van der Waals surface area (Å²) in [6.07, 6.45) is 8.77. The van der Waals surface area contributed by atoms with Crippen LogP contribution in [0.25, 0.3) is 15.9 Å². The number of thiophene rings is 1. The molecule has 1 N–H and O–H groups in total. The van der Waals surface area contributed by atoms with Crippen molar-refractivity contribution in [3.63, 3.8) is 0 Å². The van der Waals surface area contributed by atoms with Crippen LogP contribution in [0.5, 0.6) is 0 Å². The number of nitrogens with zero attached hydrogens (tertiary/aromatic N) is 4. The fourth-order valence-corrected chi connectivity index (χ4v) is 5.71. The third-order valence-electron chi connectivity index (χ3n) is 6.19. The summed E-state index contributed by atoms with van der Waals surface area (Å²) in [4.78, 5) is 33.2. The summed E-state index contributed by atoms with van der Waals surface area (Å²) in [5, 5.41) is 8.06. The van der Waals surface area contributed by atoms with Crippen molar-refractivity contribution in [3.05, 3.63) is 77.1 Å². The SMILES string of the molecule is CNC(=O)c1sc2ccccc2c1C[C@@H]1CCCCN1C(=O)c1ccc(-n2cccn2)nc1. The molecule has 0 saturated carbocycles. The Labute approximate surface area is 196 Å². The Morgan fingerprint density at radius 1 is 1.15 bits per heavy atom. The van der Waals surface area contributed by atoms with E-state index in [0.29, 0.717) is 24.3 Å². The second-order valence-electron chi connectivity index (χ2n) is 8.19. The van der Waals surface area contributed by atoms with Crippen molar-refractivity contribution < 1.29 is 9.59 Å². The molecule has 0 aliphatic carbocycles. The van der Waals surface area contributed by atoms with Gasteiger partial charge >= 0.3 is 0 Å². The number of hydrogen-bond acceptors (Lipinski definition) is 5. The van der Waals surface area contributed by atoms with Crippen molar-refractivity contribution in [2.75, 3.05) is 13.6 Å². The highest BCUT2D eigenvalue weighted by Crippen LogP contribution is 2.34. The second kappa shape index (κ2) is 9.15. The minimum atomic E-state index is -0.0710. The average Bonchev–Trinajstić information content (AvgIpc) is 3.53. The zero-order valence-corrected chi connectivity index (χ0v) is 19.2. The highest BCUT2D eigenvalue weighted by molar-refractivity contribution is 7.21. The molecular formula is C25H25N5O2S. The molecule has 1 fully saturated rings. The molecule has 0 spiro atoms. The Balaban J connectivity index is 1.43. The topological polar surface area (TPSA) is 80.1 Å². The number of nitrogens with one attached hydrogen (secondary N) is 1. The van der Waals surface area contributed by atoms with E-state index in [1.165, 1.54) is 11.3 Å². The first-order valence-electron chi connectivity index (χ1n) is 11.1. The van der Waals surface area contributed by atoms with E-state index in [1.807, 2.05) is 47.5 Å². The first-order chi connectivity index (χ1) is 16.2. The molecule has 168 valence electrons. The normalized spacial score (nSPS) is 16.2. The van der Waals surface area contributed by atoms with Gasteiger partial charge in [0.05, 0.1) is 10.4 Å².